The highest BCUT2D eigenvalue weighted by atomic mass is 32.1. The normalized spacial score (nSPS) is 12.6. The molecule has 0 fully saturated rings. The zero-order valence-electron chi connectivity index (χ0n) is 10.4. The number of nitrogens with zero attached hydrogens (tertiary/aromatic N) is 1. The Labute approximate surface area is 111 Å². The van der Waals surface area contributed by atoms with Gasteiger partial charge in [0, 0.05) is 17.1 Å². The van der Waals surface area contributed by atoms with Gasteiger partial charge in [0.25, 0.3) is 0 Å². The SMILES string of the molecule is CCNC(Cc1cncs1)Cc1ccccc1F. The Hall–Kier alpha value is -1.26. The molecule has 2 rings (SSSR count). The van der Waals surface area contributed by atoms with Gasteiger partial charge in [0.1, 0.15) is 5.82 Å². The van der Waals surface area contributed by atoms with E-state index in [4.69, 9.17) is 0 Å². The Morgan fingerprint density at radius 2 is 2.17 bits per heavy atom. The molecule has 1 atom stereocenters. The second-order valence-electron chi connectivity index (χ2n) is 4.22. The average Bonchev–Trinajstić information content (AvgIpc) is 2.85. The second-order valence-corrected chi connectivity index (χ2v) is 5.19. The lowest BCUT2D eigenvalue weighted by atomic mass is 10.0. The van der Waals surface area contributed by atoms with Crippen molar-refractivity contribution in [3.05, 3.63) is 52.2 Å². The van der Waals surface area contributed by atoms with Gasteiger partial charge in [0.15, 0.2) is 0 Å². The number of benzene rings is 1. The lowest BCUT2D eigenvalue weighted by Crippen LogP contribution is -2.33. The summed E-state index contributed by atoms with van der Waals surface area (Å²) in [5.74, 6) is -0.121. The Balaban J connectivity index is 2.04. The van der Waals surface area contributed by atoms with Crippen LogP contribution in [0, 0.1) is 5.82 Å². The summed E-state index contributed by atoms with van der Waals surface area (Å²) in [6, 6.07) is 7.24. The zero-order valence-corrected chi connectivity index (χ0v) is 11.2. The van der Waals surface area contributed by atoms with Crippen LogP contribution in [-0.4, -0.2) is 17.6 Å². The van der Waals surface area contributed by atoms with Gasteiger partial charge >= 0.3 is 0 Å². The van der Waals surface area contributed by atoms with E-state index in [-0.39, 0.29) is 11.9 Å². The molecule has 1 heterocycles. The summed E-state index contributed by atoms with van der Waals surface area (Å²) in [5, 5.41) is 3.41. The maximum absolute atomic E-state index is 13.6. The molecule has 0 radical (unpaired) electrons. The number of halogens is 1. The molecule has 0 aliphatic rings. The Kier molecular flexibility index (Phi) is 4.84. The summed E-state index contributed by atoms with van der Waals surface area (Å²) >= 11 is 1.65. The second kappa shape index (κ2) is 6.61. The van der Waals surface area contributed by atoms with E-state index >= 15 is 0 Å². The fourth-order valence-electron chi connectivity index (χ4n) is 2.02. The standard InChI is InChI=1S/C14H17FN2S/c1-2-17-12(8-13-9-16-10-18-13)7-11-5-3-4-6-14(11)15/h3-6,9-10,12,17H,2,7-8H2,1H3. The van der Waals surface area contributed by atoms with Crippen LogP contribution < -0.4 is 5.32 Å². The van der Waals surface area contributed by atoms with Crippen molar-refractivity contribution < 1.29 is 4.39 Å². The molecule has 0 aliphatic heterocycles. The number of hydrogen-bond acceptors (Lipinski definition) is 3. The average molecular weight is 264 g/mol. The van der Waals surface area contributed by atoms with Gasteiger partial charge in [-0.1, -0.05) is 25.1 Å². The molecular weight excluding hydrogens is 247 g/mol. The molecule has 1 aromatic carbocycles. The molecule has 2 aromatic rings. The van der Waals surface area contributed by atoms with Crippen LogP contribution in [-0.2, 0) is 12.8 Å². The molecular formula is C14H17FN2S. The van der Waals surface area contributed by atoms with Crippen molar-refractivity contribution >= 4 is 11.3 Å². The van der Waals surface area contributed by atoms with E-state index in [9.17, 15) is 4.39 Å². The van der Waals surface area contributed by atoms with E-state index < -0.39 is 0 Å². The van der Waals surface area contributed by atoms with Crippen molar-refractivity contribution in [2.45, 2.75) is 25.8 Å². The summed E-state index contributed by atoms with van der Waals surface area (Å²) in [5.41, 5.74) is 2.61. The topological polar surface area (TPSA) is 24.9 Å². The van der Waals surface area contributed by atoms with Gasteiger partial charge in [-0.3, -0.25) is 4.98 Å². The third kappa shape index (κ3) is 3.62. The highest BCUT2D eigenvalue weighted by Crippen LogP contribution is 2.14. The summed E-state index contributed by atoms with van der Waals surface area (Å²) in [7, 11) is 0. The third-order valence-corrected chi connectivity index (χ3v) is 3.65. The van der Waals surface area contributed by atoms with Gasteiger partial charge < -0.3 is 5.32 Å². The highest BCUT2D eigenvalue weighted by Gasteiger charge is 2.12. The number of likely N-dealkylation sites (N-methyl/N-ethyl adjacent to an activating group) is 1. The maximum atomic E-state index is 13.6. The summed E-state index contributed by atoms with van der Waals surface area (Å²) in [4.78, 5) is 5.31. The molecule has 0 saturated carbocycles. The fraction of sp³-hybridized carbons (Fsp3) is 0.357. The lowest BCUT2D eigenvalue weighted by Gasteiger charge is -2.17. The monoisotopic (exact) mass is 264 g/mol. The molecule has 0 spiro atoms. The van der Waals surface area contributed by atoms with Crippen LogP contribution in [0.1, 0.15) is 17.4 Å². The van der Waals surface area contributed by atoms with Crippen LogP contribution in [0.25, 0.3) is 0 Å². The van der Waals surface area contributed by atoms with Crippen LogP contribution in [0.3, 0.4) is 0 Å². The van der Waals surface area contributed by atoms with E-state index in [0.717, 1.165) is 18.5 Å². The molecule has 2 nitrogen and oxygen atoms in total. The van der Waals surface area contributed by atoms with E-state index in [1.807, 2.05) is 23.8 Å². The predicted molar refractivity (Wildman–Crippen MR) is 73.4 cm³/mol. The first kappa shape index (κ1) is 13.2. The first-order valence-corrected chi connectivity index (χ1v) is 7.01. The van der Waals surface area contributed by atoms with Crippen LogP contribution in [0.2, 0.25) is 0 Å². The zero-order chi connectivity index (χ0) is 12.8. The first-order valence-electron chi connectivity index (χ1n) is 6.13. The summed E-state index contributed by atoms with van der Waals surface area (Å²) in [6.45, 7) is 2.96. The fourth-order valence-corrected chi connectivity index (χ4v) is 2.70. The van der Waals surface area contributed by atoms with Gasteiger partial charge in [-0.2, -0.15) is 0 Å². The number of nitrogens with one attached hydrogen (secondary N) is 1. The van der Waals surface area contributed by atoms with Crippen LogP contribution in [0.4, 0.5) is 4.39 Å². The Morgan fingerprint density at radius 1 is 1.33 bits per heavy atom. The molecule has 0 saturated heterocycles. The van der Waals surface area contributed by atoms with E-state index in [1.165, 1.54) is 10.9 Å². The minimum Gasteiger partial charge on any atom is -0.314 e. The molecule has 0 bridgehead atoms. The predicted octanol–water partition coefficient (Wildman–Crippen LogP) is 3.05. The van der Waals surface area contributed by atoms with Gasteiger partial charge in [0.05, 0.1) is 5.51 Å². The molecule has 1 aromatic heterocycles. The maximum Gasteiger partial charge on any atom is 0.126 e. The molecule has 96 valence electrons. The largest absolute Gasteiger partial charge is 0.314 e. The molecule has 1 unspecified atom stereocenters. The quantitative estimate of drug-likeness (QED) is 0.867. The molecule has 4 heteroatoms. The molecule has 18 heavy (non-hydrogen) atoms. The number of thiazole rings is 1. The number of rotatable bonds is 6. The van der Waals surface area contributed by atoms with Gasteiger partial charge in [0.2, 0.25) is 0 Å². The Bertz CT molecular complexity index is 470. The van der Waals surface area contributed by atoms with Crippen LogP contribution in [0.5, 0.6) is 0 Å². The third-order valence-electron chi connectivity index (χ3n) is 2.85. The molecule has 0 aliphatic carbocycles. The van der Waals surface area contributed by atoms with E-state index in [2.05, 4.69) is 17.2 Å². The van der Waals surface area contributed by atoms with Gasteiger partial charge in [-0.25, -0.2) is 4.39 Å². The molecule has 0 amide bonds. The van der Waals surface area contributed by atoms with E-state index in [0.29, 0.717) is 6.42 Å². The summed E-state index contributed by atoms with van der Waals surface area (Å²) < 4.78 is 13.6. The van der Waals surface area contributed by atoms with Gasteiger partial charge in [-0.15, -0.1) is 11.3 Å². The number of hydrogen-bond donors (Lipinski definition) is 1. The van der Waals surface area contributed by atoms with Crippen molar-refractivity contribution in [2.24, 2.45) is 0 Å². The minimum absolute atomic E-state index is 0.121. The minimum atomic E-state index is -0.121. The smallest absolute Gasteiger partial charge is 0.126 e. The van der Waals surface area contributed by atoms with Crippen molar-refractivity contribution in [2.75, 3.05) is 6.54 Å². The van der Waals surface area contributed by atoms with Crippen LogP contribution >= 0.6 is 11.3 Å². The lowest BCUT2D eigenvalue weighted by molar-refractivity contribution is 0.508. The summed E-state index contributed by atoms with van der Waals surface area (Å²) in [6.07, 6.45) is 3.49. The Morgan fingerprint density at radius 3 is 2.83 bits per heavy atom. The van der Waals surface area contributed by atoms with Crippen molar-refractivity contribution in [1.29, 1.82) is 0 Å². The van der Waals surface area contributed by atoms with Crippen molar-refractivity contribution in [3.63, 3.8) is 0 Å². The number of aromatic nitrogens is 1. The van der Waals surface area contributed by atoms with Gasteiger partial charge in [-0.05, 0) is 31.0 Å². The first-order chi connectivity index (χ1) is 8.79. The highest BCUT2D eigenvalue weighted by molar-refractivity contribution is 7.09. The van der Waals surface area contributed by atoms with Crippen LogP contribution in [0.15, 0.2) is 36.0 Å². The van der Waals surface area contributed by atoms with Crippen molar-refractivity contribution in [3.8, 4) is 0 Å². The van der Waals surface area contributed by atoms with Crippen molar-refractivity contribution in [1.82, 2.24) is 10.3 Å². The van der Waals surface area contributed by atoms with E-state index in [1.54, 1.807) is 17.4 Å². The molecule has 1 N–H and O–H groups in total.